The van der Waals surface area contributed by atoms with Crippen LogP contribution in [0.3, 0.4) is 0 Å². The summed E-state index contributed by atoms with van der Waals surface area (Å²) < 4.78 is 28.0. The molecule has 0 aliphatic carbocycles. The molecule has 8 nitrogen and oxygen atoms in total. The van der Waals surface area contributed by atoms with Crippen LogP contribution < -0.4 is 5.73 Å². The van der Waals surface area contributed by atoms with Crippen LogP contribution in [0.2, 0.25) is 0 Å². The molecule has 0 aliphatic heterocycles. The van der Waals surface area contributed by atoms with Crippen LogP contribution in [-0.2, 0) is 22.3 Å². The van der Waals surface area contributed by atoms with Crippen molar-refractivity contribution in [1.29, 1.82) is 0 Å². The number of fused-ring (bicyclic) bond motifs is 1. The number of imidazole rings is 1. The predicted octanol–water partition coefficient (Wildman–Crippen LogP) is 2.28. The van der Waals surface area contributed by atoms with Crippen molar-refractivity contribution in [3.8, 4) is 0 Å². The lowest BCUT2D eigenvalue weighted by Crippen LogP contribution is -2.22. The number of nitrogens with zero attached hydrogens (tertiary/aromatic N) is 5. The molecule has 0 bridgehead atoms. The van der Waals surface area contributed by atoms with Crippen LogP contribution in [0.1, 0.15) is 18.4 Å². The number of aryl methyl sites for hydroxylation is 2. The Bertz CT molecular complexity index is 1070. The van der Waals surface area contributed by atoms with Gasteiger partial charge >= 0.3 is 0 Å². The highest BCUT2D eigenvalue weighted by Crippen LogP contribution is 2.26. The average Bonchev–Trinajstić information content (AvgIpc) is 2.95. The van der Waals surface area contributed by atoms with Gasteiger partial charge in [-0.15, -0.1) is 0 Å². The molecule has 10 heteroatoms. The summed E-state index contributed by atoms with van der Waals surface area (Å²) in [6, 6.07) is 6.76. The highest BCUT2D eigenvalue weighted by molar-refractivity contribution is 7.98. The summed E-state index contributed by atoms with van der Waals surface area (Å²) in [4.78, 5) is 13.5. The van der Waals surface area contributed by atoms with E-state index in [0.717, 1.165) is 23.6 Å². The molecule has 0 amide bonds. The van der Waals surface area contributed by atoms with Gasteiger partial charge in [0.1, 0.15) is 11.6 Å². The maximum atomic E-state index is 12.4. The smallest absolute Gasteiger partial charge is 0.242 e. The van der Waals surface area contributed by atoms with E-state index in [1.54, 1.807) is 24.3 Å². The Morgan fingerprint density at radius 1 is 1.19 bits per heavy atom. The molecule has 0 saturated heterocycles. The molecule has 27 heavy (non-hydrogen) atoms. The summed E-state index contributed by atoms with van der Waals surface area (Å²) in [7, 11) is -0.471. The van der Waals surface area contributed by atoms with E-state index in [0.29, 0.717) is 22.2 Å². The predicted molar refractivity (Wildman–Crippen MR) is 107 cm³/mol. The summed E-state index contributed by atoms with van der Waals surface area (Å²) in [5, 5.41) is 0.595. The van der Waals surface area contributed by atoms with Crippen LogP contribution >= 0.6 is 11.8 Å². The number of hydrogen-bond acceptors (Lipinski definition) is 7. The number of anilines is 1. The maximum absolute atomic E-state index is 12.4. The molecular formula is C17H22N6O2S2. The van der Waals surface area contributed by atoms with Crippen LogP contribution in [-0.4, -0.2) is 46.3 Å². The number of nitrogens with two attached hydrogens (primary N) is 1. The van der Waals surface area contributed by atoms with Crippen molar-refractivity contribution >= 4 is 38.6 Å². The van der Waals surface area contributed by atoms with Crippen LogP contribution in [0.5, 0.6) is 0 Å². The lowest BCUT2D eigenvalue weighted by atomic mass is 10.3. The van der Waals surface area contributed by atoms with Crippen molar-refractivity contribution in [2.24, 2.45) is 0 Å². The number of sulfonamides is 1. The number of hydrogen-bond donors (Lipinski definition) is 1. The first-order valence-corrected chi connectivity index (χ1v) is 10.8. The maximum Gasteiger partial charge on any atom is 0.242 e. The molecule has 1 aromatic carbocycles. The van der Waals surface area contributed by atoms with Gasteiger partial charge in [0, 0.05) is 32.4 Å². The van der Waals surface area contributed by atoms with Gasteiger partial charge in [0.25, 0.3) is 0 Å². The van der Waals surface area contributed by atoms with Gasteiger partial charge in [0.15, 0.2) is 5.16 Å². The summed E-state index contributed by atoms with van der Waals surface area (Å²) >= 11 is 1.45. The van der Waals surface area contributed by atoms with Crippen LogP contribution in [0.15, 0.2) is 34.3 Å². The van der Waals surface area contributed by atoms with Crippen LogP contribution in [0.4, 0.5) is 5.82 Å². The lowest BCUT2D eigenvalue weighted by molar-refractivity contribution is 0.521. The molecule has 144 valence electrons. The summed E-state index contributed by atoms with van der Waals surface area (Å²) in [5.74, 6) is 1.83. The lowest BCUT2D eigenvalue weighted by Gasteiger charge is -2.11. The van der Waals surface area contributed by atoms with E-state index in [4.69, 9.17) is 5.73 Å². The standard InChI is InChI=1S/C17H22N6O2S2/c1-5-23-14-7-6-12(27(24,25)22(3)4)9-13(14)20-16(23)10-26-17-19-11(2)8-15(18)21-17/h6-9H,5,10H2,1-4H3,(H2,18,19,21). The molecule has 0 radical (unpaired) electrons. The van der Waals surface area contributed by atoms with Gasteiger partial charge in [-0.05, 0) is 32.0 Å². The third kappa shape index (κ3) is 3.92. The van der Waals surface area contributed by atoms with Crippen LogP contribution in [0.25, 0.3) is 11.0 Å². The highest BCUT2D eigenvalue weighted by atomic mass is 32.2. The molecule has 0 atom stereocenters. The van der Waals surface area contributed by atoms with Crippen molar-refractivity contribution in [1.82, 2.24) is 23.8 Å². The fraction of sp³-hybridized carbons (Fsp3) is 0.353. The van der Waals surface area contributed by atoms with Gasteiger partial charge in [-0.2, -0.15) is 0 Å². The molecule has 3 rings (SSSR count). The molecule has 3 aromatic rings. The molecule has 0 unspecified atom stereocenters. The first-order chi connectivity index (χ1) is 12.7. The van der Waals surface area contributed by atoms with E-state index in [2.05, 4.69) is 19.5 Å². The minimum absolute atomic E-state index is 0.231. The Labute approximate surface area is 162 Å². The van der Waals surface area contributed by atoms with E-state index in [1.807, 2.05) is 13.8 Å². The quantitative estimate of drug-likeness (QED) is 0.494. The summed E-state index contributed by atoms with van der Waals surface area (Å²) in [6.07, 6.45) is 0. The molecular weight excluding hydrogens is 384 g/mol. The first kappa shape index (κ1) is 19.6. The third-order valence-electron chi connectivity index (χ3n) is 4.08. The minimum atomic E-state index is -3.50. The van der Waals surface area contributed by atoms with Crippen molar-refractivity contribution in [3.05, 3.63) is 35.8 Å². The number of rotatable bonds is 6. The zero-order valence-corrected chi connectivity index (χ0v) is 17.3. The molecule has 0 fully saturated rings. The molecule has 2 heterocycles. The molecule has 2 N–H and O–H groups in total. The number of benzene rings is 1. The fourth-order valence-electron chi connectivity index (χ4n) is 2.75. The van der Waals surface area contributed by atoms with Gasteiger partial charge in [-0.1, -0.05) is 11.8 Å². The van der Waals surface area contributed by atoms with Gasteiger partial charge in [-0.25, -0.2) is 27.7 Å². The largest absolute Gasteiger partial charge is 0.384 e. The molecule has 2 aromatic heterocycles. The normalized spacial score (nSPS) is 12.2. The van der Waals surface area contributed by atoms with Crippen molar-refractivity contribution in [2.75, 3.05) is 19.8 Å². The second-order valence-corrected chi connectivity index (χ2v) is 9.31. The Hall–Kier alpha value is -2.17. The van der Waals surface area contributed by atoms with Crippen LogP contribution in [0, 0.1) is 6.92 Å². The molecule has 0 spiro atoms. The summed E-state index contributed by atoms with van der Waals surface area (Å²) in [6.45, 7) is 4.63. The van der Waals surface area contributed by atoms with E-state index >= 15 is 0 Å². The molecule has 0 saturated carbocycles. The third-order valence-corrected chi connectivity index (χ3v) is 6.73. The Kier molecular flexibility index (Phi) is 5.41. The number of nitrogen functional groups attached to an aromatic ring is 1. The first-order valence-electron chi connectivity index (χ1n) is 8.38. The van der Waals surface area contributed by atoms with E-state index < -0.39 is 10.0 Å². The van der Waals surface area contributed by atoms with Gasteiger partial charge < -0.3 is 10.3 Å². The second-order valence-electron chi connectivity index (χ2n) is 6.22. The van der Waals surface area contributed by atoms with E-state index in [-0.39, 0.29) is 4.90 Å². The van der Waals surface area contributed by atoms with E-state index in [9.17, 15) is 8.42 Å². The van der Waals surface area contributed by atoms with Gasteiger partial charge in [-0.3, -0.25) is 0 Å². The van der Waals surface area contributed by atoms with Crippen molar-refractivity contribution < 1.29 is 8.42 Å². The topological polar surface area (TPSA) is 107 Å². The Morgan fingerprint density at radius 3 is 2.56 bits per heavy atom. The van der Waals surface area contributed by atoms with Gasteiger partial charge in [0.2, 0.25) is 10.0 Å². The monoisotopic (exact) mass is 406 g/mol. The number of thioether (sulfide) groups is 1. The Morgan fingerprint density at radius 2 is 1.93 bits per heavy atom. The SMILES string of the molecule is CCn1c(CSc2nc(C)cc(N)n2)nc2cc(S(=O)(=O)N(C)C)ccc21. The van der Waals surface area contributed by atoms with Gasteiger partial charge in [0.05, 0.1) is 21.7 Å². The zero-order valence-electron chi connectivity index (χ0n) is 15.7. The molecule has 0 aliphatic rings. The average molecular weight is 407 g/mol. The van der Waals surface area contributed by atoms with E-state index in [1.165, 1.54) is 30.2 Å². The summed E-state index contributed by atoms with van der Waals surface area (Å²) in [5.41, 5.74) is 8.15. The number of aromatic nitrogens is 4. The zero-order chi connectivity index (χ0) is 19.8. The fourth-order valence-corrected chi connectivity index (χ4v) is 4.53. The van der Waals surface area contributed by atoms with Crippen molar-refractivity contribution in [3.63, 3.8) is 0 Å². The van der Waals surface area contributed by atoms with Crippen molar-refractivity contribution in [2.45, 2.75) is 36.2 Å². The minimum Gasteiger partial charge on any atom is -0.384 e. The Balaban J connectivity index is 1.96. The second kappa shape index (κ2) is 7.45. The highest BCUT2D eigenvalue weighted by Gasteiger charge is 2.19.